The van der Waals surface area contributed by atoms with Gasteiger partial charge in [-0.05, 0) is 12.8 Å². The lowest BCUT2D eigenvalue weighted by Crippen LogP contribution is -2.29. The molecule has 0 radical (unpaired) electrons. The van der Waals surface area contributed by atoms with E-state index in [1.807, 2.05) is 13.8 Å². The SMILES string of the molecule is CC(C)C(=O)NCc1nnc2n1CCCC2. The van der Waals surface area contributed by atoms with Crippen LogP contribution in [0.25, 0.3) is 0 Å². The van der Waals surface area contributed by atoms with E-state index in [0.29, 0.717) is 6.54 Å². The van der Waals surface area contributed by atoms with Gasteiger partial charge in [-0.1, -0.05) is 13.8 Å². The lowest BCUT2D eigenvalue weighted by molar-refractivity contribution is -0.124. The fourth-order valence-corrected chi connectivity index (χ4v) is 1.87. The quantitative estimate of drug-likeness (QED) is 0.826. The molecule has 1 N–H and O–H groups in total. The van der Waals surface area contributed by atoms with Gasteiger partial charge in [0.05, 0.1) is 6.54 Å². The number of amides is 1. The van der Waals surface area contributed by atoms with Gasteiger partial charge in [0, 0.05) is 18.9 Å². The molecule has 1 aliphatic rings. The summed E-state index contributed by atoms with van der Waals surface area (Å²) in [6, 6.07) is 0. The summed E-state index contributed by atoms with van der Waals surface area (Å²) in [5.41, 5.74) is 0. The number of nitrogens with zero attached hydrogens (tertiary/aromatic N) is 3. The molecule has 0 spiro atoms. The fraction of sp³-hybridized carbons (Fsp3) is 0.727. The van der Waals surface area contributed by atoms with Gasteiger partial charge in [-0.3, -0.25) is 4.79 Å². The summed E-state index contributed by atoms with van der Waals surface area (Å²) in [7, 11) is 0. The molecule has 0 aromatic carbocycles. The van der Waals surface area contributed by atoms with E-state index in [4.69, 9.17) is 0 Å². The molecule has 88 valence electrons. The smallest absolute Gasteiger partial charge is 0.222 e. The first-order chi connectivity index (χ1) is 7.68. The Morgan fingerprint density at radius 3 is 3.00 bits per heavy atom. The number of fused-ring (bicyclic) bond motifs is 1. The third-order valence-corrected chi connectivity index (χ3v) is 2.88. The minimum atomic E-state index is 0.0174. The van der Waals surface area contributed by atoms with Crippen LogP contribution in [0, 0.1) is 5.92 Å². The number of rotatable bonds is 3. The monoisotopic (exact) mass is 222 g/mol. The van der Waals surface area contributed by atoms with Gasteiger partial charge in [0.2, 0.25) is 5.91 Å². The Labute approximate surface area is 95.2 Å². The van der Waals surface area contributed by atoms with Gasteiger partial charge in [0.15, 0.2) is 5.82 Å². The second-order valence-electron chi connectivity index (χ2n) is 4.51. The van der Waals surface area contributed by atoms with E-state index in [1.165, 1.54) is 12.8 Å². The number of carbonyl (C=O) groups excluding carboxylic acids is 1. The van der Waals surface area contributed by atoms with Crippen molar-refractivity contribution in [1.82, 2.24) is 20.1 Å². The largest absolute Gasteiger partial charge is 0.349 e. The number of hydrogen-bond donors (Lipinski definition) is 1. The van der Waals surface area contributed by atoms with E-state index >= 15 is 0 Å². The summed E-state index contributed by atoms with van der Waals surface area (Å²) in [4.78, 5) is 11.4. The highest BCUT2D eigenvalue weighted by Gasteiger charge is 2.16. The molecule has 0 bridgehead atoms. The van der Waals surface area contributed by atoms with Gasteiger partial charge in [0.1, 0.15) is 5.82 Å². The van der Waals surface area contributed by atoms with Crippen LogP contribution in [0.1, 0.15) is 38.3 Å². The average Bonchev–Trinajstić information content (AvgIpc) is 2.69. The molecule has 5 nitrogen and oxygen atoms in total. The van der Waals surface area contributed by atoms with E-state index in [9.17, 15) is 4.79 Å². The molecular weight excluding hydrogens is 204 g/mol. The van der Waals surface area contributed by atoms with E-state index in [0.717, 1.165) is 24.6 Å². The van der Waals surface area contributed by atoms with Crippen LogP contribution in [0.2, 0.25) is 0 Å². The van der Waals surface area contributed by atoms with Crippen LogP contribution in [0.15, 0.2) is 0 Å². The minimum Gasteiger partial charge on any atom is -0.349 e. The maximum absolute atomic E-state index is 11.4. The zero-order valence-electron chi connectivity index (χ0n) is 9.86. The van der Waals surface area contributed by atoms with Crippen LogP contribution in [0.3, 0.4) is 0 Å². The van der Waals surface area contributed by atoms with Gasteiger partial charge in [-0.15, -0.1) is 10.2 Å². The van der Waals surface area contributed by atoms with Crippen molar-refractivity contribution in [3.05, 3.63) is 11.6 Å². The number of hydrogen-bond acceptors (Lipinski definition) is 3. The Morgan fingerprint density at radius 2 is 2.25 bits per heavy atom. The molecule has 0 aliphatic carbocycles. The summed E-state index contributed by atoms with van der Waals surface area (Å²) < 4.78 is 2.13. The molecule has 0 unspecified atom stereocenters. The highest BCUT2D eigenvalue weighted by Crippen LogP contribution is 2.13. The Kier molecular flexibility index (Phi) is 3.22. The second-order valence-corrected chi connectivity index (χ2v) is 4.51. The number of aromatic nitrogens is 3. The minimum absolute atomic E-state index is 0.0174. The van der Waals surface area contributed by atoms with Crippen LogP contribution in [0.5, 0.6) is 0 Å². The number of carbonyl (C=O) groups is 1. The first kappa shape index (κ1) is 11.1. The molecule has 2 rings (SSSR count). The van der Waals surface area contributed by atoms with E-state index in [-0.39, 0.29) is 11.8 Å². The molecule has 1 aliphatic heterocycles. The molecule has 0 saturated carbocycles. The molecule has 0 fully saturated rings. The summed E-state index contributed by atoms with van der Waals surface area (Å²) in [6.45, 7) is 5.24. The van der Waals surface area contributed by atoms with Crippen molar-refractivity contribution in [3.8, 4) is 0 Å². The normalized spacial score (nSPS) is 14.9. The lowest BCUT2D eigenvalue weighted by Gasteiger charge is -2.15. The molecule has 1 aromatic rings. The molecular formula is C11H18N4O. The van der Waals surface area contributed by atoms with Crippen molar-refractivity contribution < 1.29 is 4.79 Å². The summed E-state index contributed by atoms with van der Waals surface area (Å²) in [6.07, 6.45) is 3.37. The van der Waals surface area contributed by atoms with Gasteiger partial charge in [0.25, 0.3) is 0 Å². The van der Waals surface area contributed by atoms with Crippen molar-refractivity contribution in [1.29, 1.82) is 0 Å². The number of aryl methyl sites for hydroxylation is 1. The molecule has 2 heterocycles. The maximum Gasteiger partial charge on any atom is 0.222 e. The van der Waals surface area contributed by atoms with E-state index in [2.05, 4.69) is 20.1 Å². The summed E-state index contributed by atoms with van der Waals surface area (Å²) in [5, 5.41) is 11.1. The predicted molar refractivity (Wildman–Crippen MR) is 59.6 cm³/mol. The molecule has 0 atom stereocenters. The van der Waals surface area contributed by atoms with Crippen LogP contribution < -0.4 is 5.32 Å². The Morgan fingerprint density at radius 1 is 1.44 bits per heavy atom. The van der Waals surface area contributed by atoms with Crippen molar-refractivity contribution in [2.75, 3.05) is 0 Å². The highest BCUT2D eigenvalue weighted by molar-refractivity contribution is 5.77. The molecule has 1 amide bonds. The maximum atomic E-state index is 11.4. The van der Waals surface area contributed by atoms with Gasteiger partial charge < -0.3 is 9.88 Å². The molecule has 1 aromatic heterocycles. The van der Waals surface area contributed by atoms with Crippen molar-refractivity contribution in [2.45, 2.75) is 46.2 Å². The number of nitrogens with one attached hydrogen (secondary N) is 1. The van der Waals surface area contributed by atoms with Crippen molar-refractivity contribution in [2.24, 2.45) is 5.92 Å². The van der Waals surface area contributed by atoms with Gasteiger partial charge >= 0.3 is 0 Å². The van der Waals surface area contributed by atoms with Crippen LogP contribution in [-0.4, -0.2) is 20.7 Å². The average molecular weight is 222 g/mol. The summed E-state index contributed by atoms with van der Waals surface area (Å²) >= 11 is 0. The zero-order chi connectivity index (χ0) is 11.5. The van der Waals surface area contributed by atoms with E-state index < -0.39 is 0 Å². The second kappa shape index (κ2) is 4.63. The van der Waals surface area contributed by atoms with Gasteiger partial charge in [-0.2, -0.15) is 0 Å². The summed E-state index contributed by atoms with van der Waals surface area (Å²) in [5.74, 6) is 2.01. The zero-order valence-corrected chi connectivity index (χ0v) is 9.86. The highest BCUT2D eigenvalue weighted by atomic mass is 16.1. The van der Waals surface area contributed by atoms with Gasteiger partial charge in [-0.25, -0.2) is 0 Å². The topological polar surface area (TPSA) is 59.8 Å². The molecule has 5 heteroatoms. The first-order valence-electron chi connectivity index (χ1n) is 5.87. The molecule has 0 saturated heterocycles. The third-order valence-electron chi connectivity index (χ3n) is 2.88. The first-order valence-corrected chi connectivity index (χ1v) is 5.87. The van der Waals surface area contributed by atoms with Crippen molar-refractivity contribution in [3.63, 3.8) is 0 Å². The molecule has 16 heavy (non-hydrogen) atoms. The predicted octanol–water partition coefficient (Wildman–Crippen LogP) is 0.887. The lowest BCUT2D eigenvalue weighted by atomic mass is 10.1. The Balaban J connectivity index is 2.00. The Bertz CT molecular complexity index is 383. The van der Waals surface area contributed by atoms with Crippen LogP contribution in [-0.2, 0) is 24.3 Å². The van der Waals surface area contributed by atoms with Crippen LogP contribution in [0.4, 0.5) is 0 Å². The van der Waals surface area contributed by atoms with Crippen molar-refractivity contribution >= 4 is 5.91 Å². The van der Waals surface area contributed by atoms with Crippen LogP contribution >= 0.6 is 0 Å². The fourth-order valence-electron chi connectivity index (χ4n) is 1.87. The standard InChI is InChI=1S/C11H18N4O/c1-8(2)11(16)12-7-10-14-13-9-5-3-4-6-15(9)10/h8H,3-7H2,1-2H3,(H,12,16). The third kappa shape index (κ3) is 2.23. The van der Waals surface area contributed by atoms with E-state index in [1.54, 1.807) is 0 Å². The Hall–Kier alpha value is -1.39.